The highest BCUT2D eigenvalue weighted by atomic mass is 32.2. The second-order valence-corrected chi connectivity index (χ2v) is 24.2. The smallest absolute Gasteiger partial charge is 0.477 e. The predicted molar refractivity (Wildman–Crippen MR) is 284 cm³/mol. The average molecular weight is 1260 g/mol. The number of fused-ring (bicyclic) bond motifs is 2. The number of thiophene rings is 2. The first-order valence-electron chi connectivity index (χ1n) is 23.1. The number of carbonyl (C=O) groups excluding carboxylic acids is 1. The number of nitrogens with zero attached hydrogens (tertiary/aromatic N) is 5. The summed E-state index contributed by atoms with van der Waals surface area (Å²) in [6.45, 7) is 8.27. The molecule has 0 bridgehead atoms. The molecule has 1 aliphatic rings. The molecule has 0 saturated carbocycles. The largest absolute Gasteiger partial charge is 0.501 e. The number of aromatic carboxylic acids is 1. The van der Waals surface area contributed by atoms with Gasteiger partial charge in [0.2, 0.25) is 0 Å². The molecule has 1 unspecified atom stereocenters. The normalized spacial score (nSPS) is 13.6. The Hall–Kier alpha value is -7.10. The number of nitriles is 1. The number of nitrogens with two attached hydrogens (primary N) is 3. The highest BCUT2D eigenvalue weighted by Crippen LogP contribution is 2.37. The zero-order valence-electron chi connectivity index (χ0n) is 43.7. The number of aromatic nitrogens is 4. The minimum absolute atomic E-state index is 0.0252. The Morgan fingerprint density at radius 1 is 0.707 bits per heavy atom. The number of hydrogen-bond acceptors (Lipinski definition) is 19. The molecule has 8 N–H and O–H groups in total. The van der Waals surface area contributed by atoms with Crippen molar-refractivity contribution in [1.82, 2.24) is 25.7 Å². The van der Waals surface area contributed by atoms with Crippen molar-refractivity contribution >= 4 is 104 Å². The molecule has 1 aliphatic heterocycles. The Bertz CT molecular complexity index is 3790. The topological polar surface area (TPSA) is 331 Å². The van der Waals surface area contributed by atoms with E-state index in [-0.39, 0.29) is 45.8 Å². The van der Waals surface area contributed by atoms with Crippen LogP contribution in [-0.4, -0.2) is 107 Å². The highest BCUT2D eigenvalue weighted by molar-refractivity contribution is 7.92. The van der Waals surface area contributed by atoms with Gasteiger partial charge in [0.1, 0.15) is 27.3 Å². The van der Waals surface area contributed by atoms with Crippen LogP contribution in [0, 0.1) is 39.0 Å². The van der Waals surface area contributed by atoms with Gasteiger partial charge in [-0.15, -0.1) is 32.9 Å². The van der Waals surface area contributed by atoms with Crippen LogP contribution in [0.3, 0.4) is 0 Å². The van der Waals surface area contributed by atoms with E-state index in [0.29, 0.717) is 37.3 Å². The molecule has 2 radical (unpaired) electrons. The molecule has 442 valence electrons. The third kappa shape index (κ3) is 16.8. The summed E-state index contributed by atoms with van der Waals surface area (Å²) >= 11 is 2.14. The summed E-state index contributed by atoms with van der Waals surface area (Å²) in [7, 11) is -11.7. The van der Waals surface area contributed by atoms with Gasteiger partial charge < -0.3 is 32.4 Å². The maximum Gasteiger partial charge on any atom is 0.501 e. The van der Waals surface area contributed by atoms with Gasteiger partial charge in [-0.1, -0.05) is 24.3 Å². The minimum Gasteiger partial charge on any atom is -0.477 e. The summed E-state index contributed by atoms with van der Waals surface area (Å²) < 4.78 is 197. The molecule has 3 aromatic carbocycles. The Balaban J connectivity index is 0.000000288. The second-order valence-electron chi connectivity index (χ2n) is 16.4. The van der Waals surface area contributed by atoms with Crippen LogP contribution in [0.1, 0.15) is 72.8 Å². The van der Waals surface area contributed by atoms with Crippen LogP contribution in [0.5, 0.6) is 0 Å². The SMILES string of the molecule is Cc1nnc2sc(C(=O)NCc3ccc(S(=O)(=O)C(F)(F)F)cc3)c(N)c2c1C.Cc1nnc2sc(C(=O)O)c(N)c2c1C.N#Cc1ccc(S(=O)(=O)C(F)(F)F)cc1.NCc1ccc(S(=O)(=O)C(F)(F)F)cc1.[2H]CF.[B]C1CCCO1. The molecule has 19 nitrogen and oxygen atoms in total. The zero-order valence-corrected chi connectivity index (χ0v) is 46.8. The quantitative estimate of drug-likeness (QED) is 0.0700. The Labute approximate surface area is 472 Å². The summed E-state index contributed by atoms with van der Waals surface area (Å²) in [5.41, 5.74) is 5.96. The van der Waals surface area contributed by atoms with E-state index < -0.39 is 79.8 Å². The van der Waals surface area contributed by atoms with E-state index in [2.05, 4.69) is 25.7 Å². The van der Waals surface area contributed by atoms with Gasteiger partial charge in [0.15, 0.2) is 0 Å². The summed E-state index contributed by atoms with van der Waals surface area (Å²) in [4.78, 5) is 22.3. The standard InChI is InChI=1S/C17H15F3N4O3S2.C9H9N3O2S.C8H8F3NO2S.C8H4F3NO2S.C4H7BO.CH3F/c1-8-9(2)23-24-16-12(8)13(21)14(28-16)15(25)22-7-10-3-5-11(6-4-10)29(26,27)17(18,19)20;1-3-4(2)11-12-8-5(3)6(10)7(15-8)9(13)14;2*9-8(10,11)15(13,14)7-3-1-6(5-12)2-4-7;5-4-2-1-3-6-4;1-2/h3-6H,7,21H2,1-2H3,(H,22,25);10H2,1-2H3,(H,13,14);1-4H,5,12H2;1-4H;4H,1-3H2;1H3/i;;;;;1D. The van der Waals surface area contributed by atoms with E-state index in [4.69, 9.17) is 41.5 Å². The van der Waals surface area contributed by atoms with Crippen LogP contribution >= 0.6 is 22.7 Å². The maximum atomic E-state index is 12.6. The second kappa shape index (κ2) is 28.3. The van der Waals surface area contributed by atoms with E-state index in [9.17, 15) is 78.7 Å². The number of nitrogens with one attached hydrogen (secondary N) is 1. The number of nitrogen functional groups attached to an aromatic ring is 2. The Morgan fingerprint density at radius 3 is 1.39 bits per heavy atom. The third-order valence-electron chi connectivity index (χ3n) is 11.0. The van der Waals surface area contributed by atoms with Crippen molar-refractivity contribution in [3.8, 4) is 6.07 Å². The zero-order chi connectivity index (χ0) is 63.2. The molecular weight excluding hydrogens is 1210 g/mol. The lowest BCUT2D eigenvalue weighted by Crippen LogP contribution is -2.24. The first-order valence-corrected chi connectivity index (χ1v) is 28.5. The van der Waals surface area contributed by atoms with E-state index >= 15 is 0 Å². The minimum atomic E-state index is -5.41. The number of hydrogen-bond donors (Lipinski definition) is 5. The number of carboxylic acids is 1. The van der Waals surface area contributed by atoms with Gasteiger partial charge in [0.25, 0.3) is 35.4 Å². The fraction of sp³-hybridized carbons (Fsp3) is 0.298. The van der Waals surface area contributed by atoms with Crippen LogP contribution in [-0.2, 0) is 47.3 Å². The van der Waals surface area contributed by atoms with Gasteiger partial charge in [-0.05, 0) is 111 Å². The van der Waals surface area contributed by atoms with Crippen molar-refractivity contribution in [3.63, 3.8) is 0 Å². The van der Waals surface area contributed by atoms with Crippen molar-refractivity contribution in [2.75, 3.05) is 25.2 Å². The maximum absolute atomic E-state index is 12.6. The van der Waals surface area contributed by atoms with Crippen molar-refractivity contribution in [1.29, 1.82) is 5.26 Å². The van der Waals surface area contributed by atoms with Gasteiger partial charge in [0, 0.05) is 36.5 Å². The van der Waals surface area contributed by atoms with Crippen molar-refractivity contribution in [3.05, 3.63) is 122 Å². The number of carboxylic acid groups (broad SMARTS) is 1. The van der Waals surface area contributed by atoms with Crippen molar-refractivity contribution < 1.29 is 90.0 Å². The monoisotopic (exact) mass is 1260 g/mol. The predicted octanol–water partition coefficient (Wildman–Crippen LogP) is 8.87. The molecule has 8 rings (SSSR count). The molecule has 1 fully saturated rings. The van der Waals surface area contributed by atoms with E-state index in [1.807, 2.05) is 20.8 Å². The Morgan fingerprint density at radius 2 is 1.07 bits per heavy atom. The molecule has 1 amide bonds. The summed E-state index contributed by atoms with van der Waals surface area (Å²) in [5, 5.41) is 37.2. The lowest BCUT2D eigenvalue weighted by atomic mass is 9.98. The average Bonchev–Trinajstić information content (AvgIpc) is 4.29. The number of sulfone groups is 3. The number of halogens is 10. The lowest BCUT2D eigenvalue weighted by molar-refractivity contribution is -0.0442. The number of carbonyl (C=O) groups is 2. The van der Waals surface area contributed by atoms with Crippen molar-refractivity contribution in [2.45, 2.75) is 90.8 Å². The molecule has 1 atom stereocenters. The molecule has 35 heteroatoms. The number of ether oxygens (including phenoxy) is 1. The number of alkyl halides is 10. The van der Waals surface area contributed by atoms with E-state index in [1.54, 1.807) is 13.0 Å². The van der Waals surface area contributed by atoms with Gasteiger partial charge in [-0.3, -0.25) is 9.18 Å². The molecule has 4 aromatic heterocycles. The van der Waals surface area contributed by atoms with Gasteiger partial charge >= 0.3 is 22.5 Å². The molecule has 0 aliphatic carbocycles. The molecular formula is C47H46BF10N9O10S5. The van der Waals surface area contributed by atoms with Gasteiger partial charge in [-0.25, -0.2) is 30.0 Å². The number of aryl methyl sites for hydroxylation is 4. The molecule has 0 spiro atoms. The van der Waals surface area contributed by atoms with Gasteiger partial charge in [0.05, 0.1) is 57.6 Å². The van der Waals surface area contributed by atoms with Crippen LogP contribution < -0.4 is 22.5 Å². The number of benzene rings is 3. The van der Waals surface area contributed by atoms with Gasteiger partial charge in [-0.2, -0.15) is 55.0 Å². The molecule has 1 saturated heterocycles. The number of rotatable bonds is 8. The first kappa shape index (κ1) is 67.4. The molecule has 82 heavy (non-hydrogen) atoms. The summed E-state index contributed by atoms with van der Waals surface area (Å²) in [6.07, 6.45) is 2.18. The number of amides is 1. The summed E-state index contributed by atoms with van der Waals surface area (Å²) in [5.74, 6) is -1.50. The fourth-order valence-electron chi connectivity index (χ4n) is 6.37. The van der Waals surface area contributed by atoms with Crippen molar-refractivity contribution in [2.24, 2.45) is 5.73 Å². The molecule has 5 heterocycles. The first-order chi connectivity index (χ1) is 38.3. The van der Waals surface area contributed by atoms with E-state index in [0.717, 1.165) is 107 Å². The number of anilines is 2. The molecule has 7 aromatic rings. The van der Waals surface area contributed by atoms with Crippen LogP contribution in [0.25, 0.3) is 20.4 Å². The lowest BCUT2D eigenvalue weighted by Gasteiger charge is -2.09. The fourth-order valence-corrected chi connectivity index (χ4v) is 10.6. The van der Waals surface area contributed by atoms with Crippen LogP contribution in [0.2, 0.25) is 0 Å². The third-order valence-corrected chi connectivity index (χ3v) is 17.7. The van der Waals surface area contributed by atoms with Crippen LogP contribution in [0.15, 0.2) is 87.5 Å². The van der Waals surface area contributed by atoms with Crippen LogP contribution in [0.4, 0.5) is 55.3 Å². The highest BCUT2D eigenvalue weighted by Gasteiger charge is 2.48. The summed E-state index contributed by atoms with van der Waals surface area (Å²) in [6, 6.07) is 13.6. The Kier molecular flexibility index (Phi) is 23.2. The van der Waals surface area contributed by atoms with E-state index in [1.165, 1.54) is 24.3 Å².